The van der Waals surface area contributed by atoms with E-state index in [9.17, 15) is 18.0 Å². The molecule has 3 rings (SSSR count). The first-order chi connectivity index (χ1) is 14.8. The van der Waals surface area contributed by atoms with Crippen molar-refractivity contribution in [2.45, 2.75) is 49.4 Å². The molecule has 0 aliphatic carbocycles. The fraction of sp³-hybridized carbons (Fsp3) is 0.455. The molecule has 2 amide bonds. The molecule has 1 saturated heterocycles. The van der Waals surface area contributed by atoms with Crippen LogP contribution in [0, 0.1) is 5.92 Å². The lowest BCUT2D eigenvalue weighted by Crippen LogP contribution is -2.50. The summed E-state index contributed by atoms with van der Waals surface area (Å²) in [6.45, 7) is 4.78. The molecule has 1 unspecified atom stereocenters. The van der Waals surface area contributed by atoms with Crippen molar-refractivity contribution in [3.05, 3.63) is 53.4 Å². The maximum absolute atomic E-state index is 13.3. The number of amides is 2. The fourth-order valence-electron chi connectivity index (χ4n) is 3.62. The van der Waals surface area contributed by atoms with E-state index in [2.05, 4.69) is 10.0 Å². The van der Waals surface area contributed by atoms with Crippen LogP contribution in [0.3, 0.4) is 0 Å². The molecule has 0 radical (unpaired) electrons. The lowest BCUT2D eigenvalue weighted by Gasteiger charge is -2.34. The van der Waals surface area contributed by atoms with Gasteiger partial charge < -0.3 is 10.2 Å². The van der Waals surface area contributed by atoms with Gasteiger partial charge in [0, 0.05) is 25.6 Å². The van der Waals surface area contributed by atoms with Crippen LogP contribution in [-0.4, -0.2) is 44.3 Å². The number of rotatable bonds is 8. The summed E-state index contributed by atoms with van der Waals surface area (Å²) in [5.41, 5.74) is 0.741. The average Bonchev–Trinajstić information content (AvgIpc) is 3.28. The van der Waals surface area contributed by atoms with Crippen molar-refractivity contribution in [3.63, 3.8) is 0 Å². The van der Waals surface area contributed by atoms with E-state index in [0.29, 0.717) is 36.6 Å². The van der Waals surface area contributed by atoms with Gasteiger partial charge >= 0.3 is 0 Å². The van der Waals surface area contributed by atoms with Gasteiger partial charge in [0.2, 0.25) is 21.8 Å². The molecule has 2 heterocycles. The first-order valence-corrected chi connectivity index (χ1v) is 12.8. The van der Waals surface area contributed by atoms with Crippen molar-refractivity contribution in [2.24, 2.45) is 5.92 Å². The molecule has 9 heteroatoms. The molecule has 0 bridgehead atoms. The summed E-state index contributed by atoms with van der Waals surface area (Å²) in [4.78, 5) is 27.4. The molecule has 168 valence electrons. The van der Waals surface area contributed by atoms with Crippen LogP contribution in [-0.2, 0) is 19.6 Å². The zero-order valence-electron chi connectivity index (χ0n) is 17.8. The van der Waals surface area contributed by atoms with E-state index in [4.69, 9.17) is 0 Å². The van der Waals surface area contributed by atoms with E-state index in [0.717, 1.165) is 5.56 Å². The molecule has 0 spiro atoms. The van der Waals surface area contributed by atoms with Crippen LogP contribution in [0.4, 0.5) is 0 Å². The van der Waals surface area contributed by atoms with Crippen molar-refractivity contribution in [1.29, 1.82) is 0 Å². The monoisotopic (exact) mass is 463 g/mol. The number of sulfonamides is 1. The minimum absolute atomic E-state index is 0.157. The number of benzene rings is 1. The van der Waals surface area contributed by atoms with Gasteiger partial charge in [-0.2, -0.15) is 0 Å². The van der Waals surface area contributed by atoms with Crippen LogP contribution >= 0.6 is 11.3 Å². The molecule has 31 heavy (non-hydrogen) atoms. The van der Waals surface area contributed by atoms with Crippen molar-refractivity contribution in [2.75, 3.05) is 13.1 Å². The second-order valence-corrected chi connectivity index (χ2v) is 11.1. The van der Waals surface area contributed by atoms with E-state index in [1.165, 1.54) is 11.3 Å². The van der Waals surface area contributed by atoms with Crippen LogP contribution in [0.15, 0.2) is 52.1 Å². The first kappa shape index (κ1) is 23.4. The molecule has 1 aromatic carbocycles. The lowest BCUT2D eigenvalue weighted by atomic mass is 10.0. The van der Waals surface area contributed by atoms with Gasteiger partial charge in [0.15, 0.2) is 0 Å². The fourth-order valence-corrected chi connectivity index (χ4v) is 5.93. The largest absolute Gasteiger partial charge is 0.341 e. The van der Waals surface area contributed by atoms with Gasteiger partial charge in [-0.3, -0.25) is 9.59 Å². The summed E-state index contributed by atoms with van der Waals surface area (Å²) in [6.07, 6.45) is 1.40. The van der Waals surface area contributed by atoms with Crippen LogP contribution < -0.4 is 10.0 Å². The van der Waals surface area contributed by atoms with Crippen molar-refractivity contribution in [1.82, 2.24) is 14.9 Å². The number of hydrogen-bond acceptors (Lipinski definition) is 5. The number of nitrogens with one attached hydrogen (secondary N) is 2. The minimum Gasteiger partial charge on any atom is -0.341 e. The van der Waals surface area contributed by atoms with E-state index < -0.39 is 16.1 Å². The van der Waals surface area contributed by atoms with Gasteiger partial charge in [0.05, 0.1) is 0 Å². The van der Waals surface area contributed by atoms with Crippen molar-refractivity contribution in [3.8, 4) is 0 Å². The molecule has 2 N–H and O–H groups in total. The molecular formula is C22H29N3O4S2. The normalized spacial score (nSPS) is 16.3. The van der Waals surface area contributed by atoms with Crippen molar-refractivity contribution < 1.29 is 18.0 Å². The summed E-state index contributed by atoms with van der Waals surface area (Å²) < 4.78 is 27.9. The second kappa shape index (κ2) is 10.4. The molecule has 1 aromatic heterocycles. The van der Waals surface area contributed by atoms with Crippen LogP contribution in [0.5, 0.6) is 0 Å². The Bertz CT molecular complexity index is 967. The Morgan fingerprint density at radius 2 is 1.77 bits per heavy atom. The average molecular weight is 464 g/mol. The Morgan fingerprint density at radius 1 is 1.10 bits per heavy atom. The zero-order chi connectivity index (χ0) is 22.4. The highest BCUT2D eigenvalue weighted by Crippen LogP contribution is 2.22. The zero-order valence-corrected chi connectivity index (χ0v) is 19.4. The highest BCUT2D eigenvalue weighted by Gasteiger charge is 2.32. The smallest absolute Gasteiger partial charge is 0.250 e. The van der Waals surface area contributed by atoms with E-state index in [-0.39, 0.29) is 23.8 Å². The highest BCUT2D eigenvalue weighted by molar-refractivity contribution is 7.91. The number of likely N-dealkylation sites (tertiary alicyclic amines) is 1. The molecule has 1 aliphatic rings. The Kier molecular flexibility index (Phi) is 7.85. The number of piperidine rings is 1. The van der Waals surface area contributed by atoms with Gasteiger partial charge in [0.1, 0.15) is 10.3 Å². The topological polar surface area (TPSA) is 95.6 Å². The standard InChI is InChI=1S/C22H29N3O4S2/c1-16(2)15-19(26)23-21(17-7-4-3-5-8-17)22(27)25-12-10-18(11-13-25)24-31(28,29)20-9-6-14-30-20/h3-9,14,16,18,21,24H,10-13,15H2,1-2H3,(H,23,26). The van der Waals surface area contributed by atoms with Crippen LogP contribution in [0.2, 0.25) is 0 Å². The first-order valence-electron chi connectivity index (χ1n) is 10.4. The number of carbonyl (C=O) groups is 2. The number of nitrogens with zero attached hydrogens (tertiary/aromatic N) is 1. The van der Waals surface area contributed by atoms with Gasteiger partial charge in [0.25, 0.3) is 0 Å². The lowest BCUT2D eigenvalue weighted by molar-refractivity contribution is -0.137. The molecule has 1 fully saturated rings. The van der Waals surface area contributed by atoms with Gasteiger partial charge in [-0.05, 0) is 35.8 Å². The Balaban J connectivity index is 1.64. The van der Waals surface area contributed by atoms with E-state index in [1.807, 2.05) is 44.2 Å². The molecule has 7 nitrogen and oxygen atoms in total. The van der Waals surface area contributed by atoms with Gasteiger partial charge in [-0.25, -0.2) is 13.1 Å². The maximum atomic E-state index is 13.3. The number of carbonyl (C=O) groups excluding carboxylic acids is 2. The van der Waals surface area contributed by atoms with Crippen LogP contribution in [0.1, 0.15) is 44.7 Å². The number of thiophene rings is 1. The second-order valence-electron chi connectivity index (χ2n) is 8.16. The van der Waals surface area contributed by atoms with E-state index in [1.54, 1.807) is 22.4 Å². The van der Waals surface area contributed by atoms with Gasteiger partial charge in [-0.1, -0.05) is 50.2 Å². The van der Waals surface area contributed by atoms with Crippen molar-refractivity contribution >= 4 is 33.2 Å². The third kappa shape index (κ3) is 6.38. The minimum atomic E-state index is -3.53. The predicted octanol–water partition coefficient (Wildman–Crippen LogP) is 2.92. The third-order valence-corrected chi connectivity index (χ3v) is 8.09. The van der Waals surface area contributed by atoms with Gasteiger partial charge in [-0.15, -0.1) is 11.3 Å². The predicted molar refractivity (Wildman–Crippen MR) is 121 cm³/mol. The summed E-state index contributed by atoms with van der Waals surface area (Å²) in [5, 5.41) is 4.62. The third-order valence-electron chi connectivity index (χ3n) is 5.17. The molecule has 2 aromatic rings. The highest BCUT2D eigenvalue weighted by atomic mass is 32.2. The molecule has 0 saturated carbocycles. The van der Waals surface area contributed by atoms with E-state index >= 15 is 0 Å². The van der Waals surface area contributed by atoms with Crippen LogP contribution in [0.25, 0.3) is 0 Å². The maximum Gasteiger partial charge on any atom is 0.250 e. The molecular weight excluding hydrogens is 434 g/mol. The summed E-state index contributed by atoms with van der Waals surface area (Å²) >= 11 is 1.18. The quantitative estimate of drug-likeness (QED) is 0.629. The summed E-state index contributed by atoms with van der Waals surface area (Å²) in [5.74, 6) is -0.127. The SMILES string of the molecule is CC(C)CC(=O)NC(C(=O)N1CCC(NS(=O)(=O)c2cccs2)CC1)c1ccccc1. The Labute approximate surface area is 187 Å². The molecule has 1 aliphatic heterocycles. The molecule has 1 atom stereocenters. The Hall–Kier alpha value is -2.23. The summed E-state index contributed by atoms with van der Waals surface area (Å²) in [7, 11) is -3.53. The Morgan fingerprint density at radius 3 is 2.35 bits per heavy atom. The summed E-state index contributed by atoms with van der Waals surface area (Å²) in [6, 6.07) is 11.5. The number of hydrogen-bond donors (Lipinski definition) is 2.